The molecule has 1 aromatic carbocycles. The van der Waals surface area contributed by atoms with Gasteiger partial charge >= 0.3 is 0 Å². The van der Waals surface area contributed by atoms with Crippen LogP contribution in [0.25, 0.3) is 0 Å². The van der Waals surface area contributed by atoms with E-state index in [4.69, 9.17) is 9.47 Å². The van der Waals surface area contributed by atoms with Gasteiger partial charge in [0.15, 0.2) is 11.5 Å². The lowest BCUT2D eigenvalue weighted by molar-refractivity contribution is 0.0953. The topological polar surface area (TPSA) is 59.9 Å². The van der Waals surface area contributed by atoms with Crippen molar-refractivity contribution < 1.29 is 14.3 Å². The average Bonchev–Trinajstić information content (AvgIpc) is 2.55. The van der Waals surface area contributed by atoms with Crippen molar-refractivity contribution in [3.8, 4) is 11.5 Å². The number of carbonyl (C=O) groups excluding carboxylic acids is 1. The molecule has 0 unspecified atom stereocenters. The van der Waals surface area contributed by atoms with Gasteiger partial charge in [0.25, 0.3) is 5.91 Å². The summed E-state index contributed by atoms with van der Waals surface area (Å²) in [6.07, 6.45) is 3.47. The van der Waals surface area contributed by atoms with Gasteiger partial charge in [0.1, 0.15) is 0 Å². The molecular formula is C18H25BrN2O3. The number of hydrogen-bond acceptors (Lipinski definition) is 4. The van der Waals surface area contributed by atoms with Crippen LogP contribution in [0.2, 0.25) is 0 Å². The molecule has 2 rings (SSSR count). The third-order valence-corrected chi connectivity index (χ3v) is 4.94. The molecule has 5 nitrogen and oxygen atoms in total. The van der Waals surface area contributed by atoms with Crippen molar-refractivity contribution in [1.82, 2.24) is 5.43 Å². The molecule has 0 heterocycles. The van der Waals surface area contributed by atoms with Crippen LogP contribution in [0.4, 0.5) is 0 Å². The number of benzene rings is 1. The average molecular weight is 397 g/mol. The number of carbonyl (C=O) groups is 1. The van der Waals surface area contributed by atoms with Gasteiger partial charge in [0.05, 0.1) is 18.2 Å². The van der Waals surface area contributed by atoms with Gasteiger partial charge in [-0.05, 0) is 59.7 Å². The van der Waals surface area contributed by atoms with Crippen molar-refractivity contribution in [2.24, 2.45) is 16.9 Å². The fraction of sp³-hybridized carbons (Fsp3) is 0.556. The Balaban J connectivity index is 2.19. The van der Waals surface area contributed by atoms with Gasteiger partial charge in [-0.25, -0.2) is 5.43 Å². The first kappa shape index (κ1) is 18.8. The van der Waals surface area contributed by atoms with Gasteiger partial charge in [-0.3, -0.25) is 4.79 Å². The fourth-order valence-corrected chi connectivity index (χ4v) is 3.60. The van der Waals surface area contributed by atoms with Crippen LogP contribution < -0.4 is 14.9 Å². The zero-order valence-corrected chi connectivity index (χ0v) is 16.3. The largest absolute Gasteiger partial charge is 0.493 e. The highest BCUT2D eigenvalue weighted by Gasteiger charge is 2.23. The molecule has 24 heavy (non-hydrogen) atoms. The molecular weight excluding hydrogens is 372 g/mol. The molecule has 0 spiro atoms. The maximum absolute atomic E-state index is 12.5. The maximum atomic E-state index is 12.5. The Kier molecular flexibility index (Phi) is 6.66. The molecule has 0 bridgehead atoms. The van der Waals surface area contributed by atoms with E-state index in [0.717, 1.165) is 18.6 Å². The highest BCUT2D eigenvalue weighted by Crippen LogP contribution is 2.36. The molecule has 2 atom stereocenters. The Morgan fingerprint density at radius 3 is 2.58 bits per heavy atom. The second-order valence-electron chi connectivity index (χ2n) is 6.13. The number of amides is 1. The number of methoxy groups -OCH3 is 1. The molecule has 1 N–H and O–H groups in total. The van der Waals surface area contributed by atoms with Crippen LogP contribution in [0.3, 0.4) is 0 Å². The summed E-state index contributed by atoms with van der Waals surface area (Å²) in [5, 5.41) is 4.40. The quantitative estimate of drug-likeness (QED) is 0.750. The van der Waals surface area contributed by atoms with Crippen LogP contribution >= 0.6 is 15.9 Å². The van der Waals surface area contributed by atoms with Gasteiger partial charge in [0.2, 0.25) is 0 Å². The Morgan fingerprint density at radius 2 is 2.00 bits per heavy atom. The Hall–Kier alpha value is -1.56. The molecule has 1 aliphatic rings. The standard InChI is InChI=1S/C18H25BrN2O3/c1-5-24-17-14(19)9-13(10-15(17)23-4)18(22)21-20-16-11(2)7-6-8-12(16)3/h9-12H,5-8H2,1-4H3,(H,21,22)/t11-,12-/m0/s1. The van der Waals surface area contributed by atoms with Crippen molar-refractivity contribution in [1.29, 1.82) is 0 Å². The summed E-state index contributed by atoms with van der Waals surface area (Å²) in [6.45, 7) is 6.74. The minimum Gasteiger partial charge on any atom is -0.493 e. The molecule has 1 fully saturated rings. The SMILES string of the molecule is CCOc1c(Br)cc(C(=O)NN=C2[C@@H](C)CCC[C@@H]2C)cc1OC. The van der Waals surface area contributed by atoms with Gasteiger partial charge in [-0.15, -0.1) is 0 Å². The Morgan fingerprint density at radius 1 is 1.33 bits per heavy atom. The number of ether oxygens (including phenoxy) is 2. The van der Waals surface area contributed by atoms with Crippen molar-refractivity contribution in [3.05, 3.63) is 22.2 Å². The molecule has 0 saturated heterocycles. The van der Waals surface area contributed by atoms with E-state index in [-0.39, 0.29) is 5.91 Å². The van der Waals surface area contributed by atoms with E-state index in [1.165, 1.54) is 6.42 Å². The first-order valence-corrected chi connectivity index (χ1v) is 9.15. The number of rotatable bonds is 5. The molecule has 132 valence electrons. The van der Waals surface area contributed by atoms with E-state index < -0.39 is 0 Å². The van der Waals surface area contributed by atoms with Crippen molar-refractivity contribution in [3.63, 3.8) is 0 Å². The van der Waals surface area contributed by atoms with E-state index in [0.29, 0.717) is 40.0 Å². The predicted octanol–water partition coefficient (Wildman–Crippen LogP) is 4.40. The third kappa shape index (κ3) is 4.29. The summed E-state index contributed by atoms with van der Waals surface area (Å²) in [5.41, 5.74) is 4.24. The summed E-state index contributed by atoms with van der Waals surface area (Å²) in [4.78, 5) is 12.5. The van der Waals surface area contributed by atoms with Gasteiger partial charge in [-0.1, -0.05) is 20.3 Å². The zero-order valence-electron chi connectivity index (χ0n) is 14.7. The second kappa shape index (κ2) is 8.51. The summed E-state index contributed by atoms with van der Waals surface area (Å²) < 4.78 is 11.6. The minimum atomic E-state index is -0.255. The summed E-state index contributed by atoms with van der Waals surface area (Å²) in [6, 6.07) is 3.38. The van der Waals surface area contributed by atoms with Crippen LogP contribution in [-0.2, 0) is 0 Å². The van der Waals surface area contributed by atoms with Crippen LogP contribution in [0, 0.1) is 11.8 Å². The third-order valence-electron chi connectivity index (χ3n) is 4.35. The molecule has 0 aliphatic heterocycles. The smallest absolute Gasteiger partial charge is 0.271 e. The molecule has 1 aliphatic carbocycles. The lowest BCUT2D eigenvalue weighted by atomic mass is 9.81. The molecule has 6 heteroatoms. The Bertz CT molecular complexity index is 619. The van der Waals surface area contributed by atoms with E-state index in [1.54, 1.807) is 19.2 Å². The number of halogens is 1. The van der Waals surface area contributed by atoms with Crippen LogP contribution in [-0.4, -0.2) is 25.3 Å². The highest BCUT2D eigenvalue weighted by atomic mass is 79.9. The molecule has 0 radical (unpaired) electrons. The number of nitrogens with zero attached hydrogens (tertiary/aromatic N) is 1. The van der Waals surface area contributed by atoms with Crippen molar-refractivity contribution in [2.45, 2.75) is 40.0 Å². The first-order valence-electron chi connectivity index (χ1n) is 8.36. The van der Waals surface area contributed by atoms with Gasteiger partial charge in [-0.2, -0.15) is 5.10 Å². The predicted molar refractivity (Wildman–Crippen MR) is 98.9 cm³/mol. The molecule has 1 aromatic rings. The Labute approximate surface area is 151 Å². The van der Waals surface area contributed by atoms with E-state index in [9.17, 15) is 4.79 Å². The maximum Gasteiger partial charge on any atom is 0.271 e. The number of nitrogens with one attached hydrogen (secondary N) is 1. The molecule has 1 amide bonds. The minimum absolute atomic E-state index is 0.255. The van der Waals surface area contributed by atoms with Crippen LogP contribution in [0.15, 0.2) is 21.7 Å². The molecule has 1 saturated carbocycles. The van der Waals surface area contributed by atoms with E-state index >= 15 is 0 Å². The zero-order chi connectivity index (χ0) is 17.7. The second-order valence-corrected chi connectivity index (χ2v) is 6.99. The highest BCUT2D eigenvalue weighted by molar-refractivity contribution is 9.10. The lowest BCUT2D eigenvalue weighted by Crippen LogP contribution is -2.29. The van der Waals surface area contributed by atoms with E-state index in [1.807, 2.05) is 6.92 Å². The van der Waals surface area contributed by atoms with Gasteiger partial charge in [0, 0.05) is 11.3 Å². The normalized spacial score (nSPS) is 20.5. The lowest BCUT2D eigenvalue weighted by Gasteiger charge is -2.26. The monoisotopic (exact) mass is 396 g/mol. The van der Waals surface area contributed by atoms with Crippen molar-refractivity contribution >= 4 is 27.5 Å². The van der Waals surface area contributed by atoms with Crippen LogP contribution in [0.5, 0.6) is 11.5 Å². The van der Waals surface area contributed by atoms with Crippen LogP contribution in [0.1, 0.15) is 50.4 Å². The summed E-state index contributed by atoms with van der Waals surface area (Å²) >= 11 is 3.43. The first-order chi connectivity index (χ1) is 11.5. The van der Waals surface area contributed by atoms with Gasteiger partial charge < -0.3 is 9.47 Å². The molecule has 0 aromatic heterocycles. The number of hydrogen-bond donors (Lipinski definition) is 1. The summed E-state index contributed by atoms with van der Waals surface area (Å²) in [5.74, 6) is 1.68. The van der Waals surface area contributed by atoms with E-state index in [2.05, 4.69) is 40.3 Å². The fourth-order valence-electron chi connectivity index (χ4n) is 3.05. The number of hydrazone groups is 1. The summed E-state index contributed by atoms with van der Waals surface area (Å²) in [7, 11) is 1.55. The van der Waals surface area contributed by atoms with Crippen molar-refractivity contribution in [2.75, 3.05) is 13.7 Å².